The Hall–Kier alpha value is -2.84. The number of benzene rings is 3. The molecule has 37 heavy (non-hydrogen) atoms. The van der Waals surface area contributed by atoms with Crippen molar-refractivity contribution in [1.29, 1.82) is 0 Å². The number of halogens is 6. The van der Waals surface area contributed by atoms with E-state index in [1.54, 1.807) is 0 Å². The highest BCUT2D eigenvalue weighted by Gasteiger charge is 2.38. The lowest BCUT2D eigenvalue weighted by Gasteiger charge is -2.33. The summed E-state index contributed by atoms with van der Waals surface area (Å²) < 4.78 is 85.4. The highest BCUT2D eigenvalue weighted by atomic mass is 19.4. The molecule has 1 aliphatic heterocycles. The zero-order chi connectivity index (χ0) is 26.5. The molecule has 4 rings (SSSR count). The fourth-order valence-corrected chi connectivity index (χ4v) is 5.02. The Balaban J connectivity index is 1.51. The van der Waals surface area contributed by atoms with Gasteiger partial charge in [-0.25, -0.2) is 0 Å². The summed E-state index contributed by atoms with van der Waals surface area (Å²) in [5, 5.41) is 0. The monoisotopic (exact) mass is 521 g/mol. The Bertz CT molecular complexity index is 1110. The first-order valence-electron chi connectivity index (χ1n) is 12.2. The number of nitrogens with zero attached hydrogens (tertiary/aromatic N) is 1. The lowest BCUT2D eigenvalue weighted by atomic mass is 9.75. The summed E-state index contributed by atoms with van der Waals surface area (Å²) >= 11 is 0. The van der Waals surface area contributed by atoms with Crippen molar-refractivity contribution in [3.63, 3.8) is 0 Å². The van der Waals surface area contributed by atoms with Crippen molar-refractivity contribution in [1.82, 2.24) is 4.90 Å². The van der Waals surface area contributed by atoms with Gasteiger partial charge in [0.05, 0.1) is 24.3 Å². The minimum atomic E-state index is -4.88. The normalized spacial score (nSPS) is 19.5. The van der Waals surface area contributed by atoms with E-state index in [0.29, 0.717) is 0 Å². The third kappa shape index (κ3) is 7.14. The molecule has 0 radical (unpaired) electrons. The Morgan fingerprint density at radius 1 is 0.703 bits per heavy atom. The molecule has 1 saturated heterocycles. The van der Waals surface area contributed by atoms with E-state index in [9.17, 15) is 26.3 Å². The Morgan fingerprint density at radius 3 is 1.89 bits per heavy atom. The molecule has 3 aromatic carbocycles. The molecule has 0 aliphatic carbocycles. The van der Waals surface area contributed by atoms with Crippen LogP contribution >= 0.6 is 0 Å². The lowest BCUT2D eigenvalue weighted by molar-refractivity contribution is -0.143. The van der Waals surface area contributed by atoms with Crippen molar-refractivity contribution >= 4 is 0 Å². The molecule has 1 fully saturated rings. The molecule has 1 heterocycles. The van der Waals surface area contributed by atoms with E-state index in [1.807, 2.05) is 48.5 Å². The van der Waals surface area contributed by atoms with E-state index in [-0.39, 0.29) is 30.3 Å². The van der Waals surface area contributed by atoms with Gasteiger partial charge in [-0.15, -0.1) is 0 Å². The van der Waals surface area contributed by atoms with Gasteiger partial charge in [0, 0.05) is 12.0 Å². The smallest absolute Gasteiger partial charge is 0.376 e. The number of hydrogen-bond acceptors (Lipinski definition) is 2. The number of ether oxygens (including phenoxy) is 1. The van der Waals surface area contributed by atoms with Gasteiger partial charge in [-0.2, -0.15) is 26.3 Å². The van der Waals surface area contributed by atoms with Crippen LogP contribution in [-0.4, -0.2) is 24.6 Å². The lowest BCUT2D eigenvalue weighted by Crippen LogP contribution is -2.34. The summed E-state index contributed by atoms with van der Waals surface area (Å²) in [5.74, 6) is 0. The van der Waals surface area contributed by atoms with Crippen molar-refractivity contribution < 1.29 is 31.1 Å². The predicted octanol–water partition coefficient (Wildman–Crippen LogP) is 7.86. The molecule has 0 bridgehead atoms. The second-order valence-electron chi connectivity index (χ2n) is 9.67. The molecule has 1 atom stereocenters. The van der Waals surface area contributed by atoms with Crippen LogP contribution in [0, 0.1) is 0 Å². The van der Waals surface area contributed by atoms with Crippen LogP contribution in [0.3, 0.4) is 0 Å². The molecule has 1 aliphatic rings. The largest absolute Gasteiger partial charge is 0.416 e. The van der Waals surface area contributed by atoms with Gasteiger partial charge in [-0.3, -0.25) is 4.90 Å². The third-order valence-corrected chi connectivity index (χ3v) is 6.97. The van der Waals surface area contributed by atoms with Crippen molar-refractivity contribution in [2.45, 2.75) is 50.2 Å². The van der Waals surface area contributed by atoms with Crippen LogP contribution in [-0.2, 0) is 35.7 Å². The summed E-state index contributed by atoms with van der Waals surface area (Å²) in [5.41, 5.74) is -0.909. The van der Waals surface area contributed by atoms with Crippen molar-refractivity contribution in [2.24, 2.45) is 0 Å². The van der Waals surface area contributed by atoms with Gasteiger partial charge in [-0.1, -0.05) is 60.7 Å². The molecule has 0 unspecified atom stereocenters. The van der Waals surface area contributed by atoms with Crippen LogP contribution in [0.25, 0.3) is 0 Å². The van der Waals surface area contributed by atoms with E-state index in [0.717, 1.165) is 56.6 Å². The van der Waals surface area contributed by atoms with Gasteiger partial charge in [0.1, 0.15) is 0 Å². The summed E-state index contributed by atoms with van der Waals surface area (Å²) in [6.45, 7) is 2.38. The van der Waals surface area contributed by atoms with Crippen molar-refractivity contribution in [2.75, 3.05) is 19.7 Å². The molecule has 0 saturated carbocycles. The Labute approximate surface area is 212 Å². The van der Waals surface area contributed by atoms with Gasteiger partial charge in [0.15, 0.2) is 0 Å². The number of likely N-dealkylation sites (tertiary alicyclic amines) is 1. The van der Waals surface area contributed by atoms with Gasteiger partial charge in [0.25, 0.3) is 0 Å². The zero-order valence-corrected chi connectivity index (χ0v) is 20.3. The highest BCUT2D eigenvalue weighted by Crippen LogP contribution is 2.38. The van der Waals surface area contributed by atoms with Crippen LogP contribution < -0.4 is 0 Å². The average molecular weight is 522 g/mol. The van der Waals surface area contributed by atoms with E-state index in [2.05, 4.69) is 17.0 Å². The Kier molecular flexibility index (Phi) is 8.29. The summed E-state index contributed by atoms with van der Waals surface area (Å²) in [7, 11) is 0. The van der Waals surface area contributed by atoms with Gasteiger partial charge in [0.2, 0.25) is 0 Å². The van der Waals surface area contributed by atoms with Gasteiger partial charge < -0.3 is 4.74 Å². The minimum Gasteiger partial charge on any atom is -0.376 e. The quantitative estimate of drug-likeness (QED) is 0.294. The highest BCUT2D eigenvalue weighted by molar-refractivity contribution is 5.33. The van der Waals surface area contributed by atoms with Crippen LogP contribution in [0.4, 0.5) is 26.3 Å². The van der Waals surface area contributed by atoms with Crippen LogP contribution in [0.1, 0.15) is 47.1 Å². The fourth-order valence-electron chi connectivity index (χ4n) is 5.02. The maximum absolute atomic E-state index is 13.3. The van der Waals surface area contributed by atoms with E-state index < -0.39 is 23.5 Å². The maximum atomic E-state index is 13.3. The molecule has 8 heteroatoms. The fraction of sp³-hybridized carbons (Fsp3) is 0.379. The zero-order valence-electron chi connectivity index (χ0n) is 20.3. The first kappa shape index (κ1) is 27.2. The molecule has 198 valence electrons. The molecule has 0 amide bonds. The van der Waals surface area contributed by atoms with Crippen LogP contribution in [0.15, 0.2) is 78.9 Å². The predicted molar refractivity (Wildman–Crippen MR) is 130 cm³/mol. The molecule has 2 nitrogen and oxygen atoms in total. The van der Waals surface area contributed by atoms with Crippen LogP contribution in [0.2, 0.25) is 0 Å². The average Bonchev–Trinajstić information content (AvgIpc) is 3.07. The molecular weight excluding hydrogens is 492 g/mol. The summed E-state index contributed by atoms with van der Waals surface area (Å²) in [6.07, 6.45) is -7.30. The second kappa shape index (κ2) is 11.3. The van der Waals surface area contributed by atoms with Crippen molar-refractivity contribution in [3.05, 3.63) is 107 Å². The standard InChI is InChI=1S/C29H29F6NO/c30-28(31,32)25-16-23(17-26(18-25)29(33,34)35)20-37-21-27(24-10-5-2-6-11-24)12-7-14-36(15-13-27)19-22-8-3-1-4-9-22/h1-6,8-11,16-18H,7,12-15,19-21H2/t27-/m1/s1. The SMILES string of the molecule is FC(F)(F)c1cc(COC[C@@]2(c3ccccc3)CCCN(Cc3ccccc3)CC2)cc(C(F)(F)F)c1. The maximum Gasteiger partial charge on any atom is 0.416 e. The van der Waals surface area contributed by atoms with E-state index in [1.165, 1.54) is 5.56 Å². The molecular formula is C29H29F6NO. The molecule has 0 N–H and O–H groups in total. The molecule has 0 aromatic heterocycles. The number of rotatable bonds is 7. The van der Waals surface area contributed by atoms with E-state index >= 15 is 0 Å². The van der Waals surface area contributed by atoms with E-state index in [4.69, 9.17) is 4.74 Å². The van der Waals surface area contributed by atoms with Gasteiger partial charge in [-0.05, 0) is 67.2 Å². The Morgan fingerprint density at radius 2 is 1.30 bits per heavy atom. The topological polar surface area (TPSA) is 12.5 Å². The second-order valence-corrected chi connectivity index (χ2v) is 9.67. The third-order valence-electron chi connectivity index (χ3n) is 6.97. The van der Waals surface area contributed by atoms with Crippen molar-refractivity contribution in [3.8, 4) is 0 Å². The molecule has 0 spiro atoms. The van der Waals surface area contributed by atoms with Crippen LogP contribution in [0.5, 0.6) is 0 Å². The molecule has 3 aromatic rings. The summed E-state index contributed by atoms with van der Waals surface area (Å²) in [6, 6.07) is 21.6. The number of hydrogen-bond donors (Lipinski definition) is 0. The van der Waals surface area contributed by atoms with Gasteiger partial charge >= 0.3 is 12.4 Å². The number of alkyl halides is 6. The first-order chi connectivity index (χ1) is 17.6. The summed E-state index contributed by atoms with van der Waals surface area (Å²) in [4.78, 5) is 2.38. The minimum absolute atomic E-state index is 0.140. The first-order valence-corrected chi connectivity index (χ1v) is 12.2.